The second kappa shape index (κ2) is 4.02. The van der Waals surface area contributed by atoms with Crippen molar-refractivity contribution >= 4 is 5.91 Å². The van der Waals surface area contributed by atoms with Crippen molar-refractivity contribution in [3.8, 4) is 0 Å². The van der Waals surface area contributed by atoms with E-state index in [0.717, 1.165) is 37.4 Å². The third-order valence-electron chi connectivity index (χ3n) is 4.47. The largest absolute Gasteiger partial charge is 0.356 e. The van der Waals surface area contributed by atoms with Gasteiger partial charge in [0.15, 0.2) is 0 Å². The molecule has 92 valence electrons. The van der Waals surface area contributed by atoms with Crippen molar-refractivity contribution in [1.82, 2.24) is 10.6 Å². The fraction of sp³-hybridized carbons (Fsp3) is 0.923. The van der Waals surface area contributed by atoms with Gasteiger partial charge >= 0.3 is 0 Å². The lowest BCUT2D eigenvalue weighted by Gasteiger charge is -2.26. The lowest BCUT2D eigenvalue weighted by atomic mass is 9.81. The van der Waals surface area contributed by atoms with Crippen molar-refractivity contribution in [2.75, 3.05) is 19.6 Å². The van der Waals surface area contributed by atoms with E-state index >= 15 is 0 Å². The number of piperidine rings is 1. The predicted molar refractivity (Wildman–Crippen MR) is 65.0 cm³/mol. The maximum Gasteiger partial charge on any atom is 0.223 e. The van der Waals surface area contributed by atoms with Gasteiger partial charge in [0, 0.05) is 12.5 Å². The number of carbonyl (C=O) groups excluding carboxylic acids is 1. The topological polar surface area (TPSA) is 41.1 Å². The highest BCUT2D eigenvalue weighted by molar-refractivity contribution is 5.79. The first-order chi connectivity index (χ1) is 7.41. The van der Waals surface area contributed by atoms with E-state index in [9.17, 15) is 4.79 Å². The Bertz CT molecular complexity index is 272. The van der Waals surface area contributed by atoms with Crippen molar-refractivity contribution in [1.29, 1.82) is 0 Å². The van der Waals surface area contributed by atoms with Crippen LogP contribution in [0, 0.1) is 29.1 Å². The SMILES string of the molecule is CC(C(=O)NCC1C2CNCC21)C(C)(C)C. The van der Waals surface area contributed by atoms with E-state index in [0.29, 0.717) is 0 Å². The monoisotopic (exact) mass is 224 g/mol. The average Bonchev–Trinajstić information content (AvgIpc) is 2.64. The Kier molecular flexibility index (Phi) is 2.99. The van der Waals surface area contributed by atoms with Gasteiger partial charge in [-0.1, -0.05) is 27.7 Å². The molecular formula is C13H24N2O. The lowest BCUT2D eigenvalue weighted by molar-refractivity contribution is -0.127. The van der Waals surface area contributed by atoms with E-state index in [4.69, 9.17) is 0 Å². The molecule has 2 N–H and O–H groups in total. The molecule has 0 aromatic heterocycles. The molecule has 1 saturated carbocycles. The van der Waals surface area contributed by atoms with Gasteiger partial charge in [-0.3, -0.25) is 4.79 Å². The summed E-state index contributed by atoms with van der Waals surface area (Å²) in [5.74, 6) is 2.72. The van der Waals surface area contributed by atoms with Crippen LogP contribution in [0.3, 0.4) is 0 Å². The third-order valence-corrected chi connectivity index (χ3v) is 4.47. The molecule has 3 nitrogen and oxygen atoms in total. The molecule has 0 aromatic rings. The Morgan fingerprint density at radius 2 is 1.94 bits per heavy atom. The van der Waals surface area contributed by atoms with E-state index in [1.165, 1.54) is 0 Å². The molecule has 0 radical (unpaired) electrons. The zero-order valence-electron chi connectivity index (χ0n) is 10.8. The Morgan fingerprint density at radius 1 is 1.38 bits per heavy atom. The molecule has 1 amide bonds. The molecule has 3 atom stereocenters. The van der Waals surface area contributed by atoms with Crippen molar-refractivity contribution in [2.24, 2.45) is 29.1 Å². The minimum Gasteiger partial charge on any atom is -0.356 e. The van der Waals surface area contributed by atoms with Crippen molar-refractivity contribution in [3.63, 3.8) is 0 Å². The zero-order chi connectivity index (χ0) is 11.9. The van der Waals surface area contributed by atoms with Crippen LogP contribution in [0.25, 0.3) is 0 Å². The van der Waals surface area contributed by atoms with Crippen LogP contribution in [-0.2, 0) is 4.79 Å². The highest BCUT2D eigenvalue weighted by Gasteiger charge is 2.52. The van der Waals surface area contributed by atoms with Crippen LogP contribution < -0.4 is 10.6 Å². The molecule has 1 saturated heterocycles. The van der Waals surface area contributed by atoms with Gasteiger partial charge in [-0.2, -0.15) is 0 Å². The number of carbonyl (C=O) groups is 1. The van der Waals surface area contributed by atoms with Crippen LogP contribution in [0.4, 0.5) is 0 Å². The number of rotatable bonds is 3. The summed E-state index contributed by atoms with van der Waals surface area (Å²) in [7, 11) is 0. The van der Waals surface area contributed by atoms with Gasteiger partial charge in [-0.15, -0.1) is 0 Å². The first-order valence-corrected chi connectivity index (χ1v) is 6.39. The summed E-state index contributed by atoms with van der Waals surface area (Å²) in [6.45, 7) is 11.6. The molecule has 16 heavy (non-hydrogen) atoms. The molecule has 0 aromatic carbocycles. The molecule has 0 spiro atoms. The number of amides is 1. The number of hydrogen-bond donors (Lipinski definition) is 2. The van der Waals surface area contributed by atoms with Crippen LogP contribution in [0.1, 0.15) is 27.7 Å². The third kappa shape index (κ3) is 2.24. The van der Waals surface area contributed by atoms with Gasteiger partial charge in [0.1, 0.15) is 0 Å². The first-order valence-electron chi connectivity index (χ1n) is 6.39. The summed E-state index contributed by atoms with van der Waals surface area (Å²) in [6, 6.07) is 0. The van der Waals surface area contributed by atoms with Crippen LogP contribution in [0.2, 0.25) is 0 Å². The molecule has 2 rings (SSSR count). The van der Waals surface area contributed by atoms with Gasteiger partial charge in [-0.25, -0.2) is 0 Å². The fourth-order valence-corrected chi connectivity index (χ4v) is 2.61. The standard InChI is InChI=1S/C13H24N2O/c1-8(13(2,3)4)12(16)15-7-11-9-5-14-6-10(9)11/h8-11,14H,5-7H2,1-4H3,(H,15,16). The van der Waals surface area contributed by atoms with Gasteiger partial charge < -0.3 is 10.6 Å². The normalized spacial score (nSPS) is 34.4. The van der Waals surface area contributed by atoms with Gasteiger partial charge in [0.25, 0.3) is 0 Å². The maximum absolute atomic E-state index is 11.9. The Labute approximate surface area is 98.4 Å². The quantitative estimate of drug-likeness (QED) is 0.757. The van der Waals surface area contributed by atoms with Crippen LogP contribution in [0.5, 0.6) is 0 Å². The summed E-state index contributed by atoms with van der Waals surface area (Å²) in [6.07, 6.45) is 0. The van der Waals surface area contributed by atoms with Crippen LogP contribution in [0.15, 0.2) is 0 Å². The van der Waals surface area contributed by atoms with Gasteiger partial charge in [0.05, 0.1) is 0 Å². The first kappa shape index (κ1) is 11.9. The van der Waals surface area contributed by atoms with Crippen molar-refractivity contribution in [2.45, 2.75) is 27.7 Å². The summed E-state index contributed by atoms with van der Waals surface area (Å²) < 4.78 is 0. The van der Waals surface area contributed by atoms with Crippen molar-refractivity contribution in [3.05, 3.63) is 0 Å². The van der Waals surface area contributed by atoms with E-state index in [1.807, 2.05) is 6.92 Å². The molecule has 1 aliphatic carbocycles. The average molecular weight is 224 g/mol. The Hall–Kier alpha value is -0.570. The molecule has 1 heterocycles. The molecule has 3 unspecified atom stereocenters. The smallest absolute Gasteiger partial charge is 0.223 e. The Balaban J connectivity index is 1.72. The van der Waals surface area contributed by atoms with Crippen LogP contribution >= 0.6 is 0 Å². The molecule has 1 aliphatic heterocycles. The summed E-state index contributed by atoms with van der Waals surface area (Å²) in [5.41, 5.74) is 0.0606. The lowest BCUT2D eigenvalue weighted by Crippen LogP contribution is -2.37. The number of nitrogens with one attached hydrogen (secondary N) is 2. The van der Waals surface area contributed by atoms with E-state index in [1.54, 1.807) is 0 Å². The molecule has 0 bridgehead atoms. The highest BCUT2D eigenvalue weighted by Crippen LogP contribution is 2.48. The number of hydrogen-bond acceptors (Lipinski definition) is 2. The van der Waals surface area contributed by atoms with E-state index in [-0.39, 0.29) is 17.2 Å². The summed E-state index contributed by atoms with van der Waals surface area (Å²) in [4.78, 5) is 11.9. The van der Waals surface area contributed by atoms with E-state index in [2.05, 4.69) is 31.4 Å². The zero-order valence-corrected chi connectivity index (χ0v) is 10.8. The predicted octanol–water partition coefficient (Wildman–Crippen LogP) is 1.25. The molecule has 3 heteroatoms. The molecule has 2 aliphatic rings. The summed E-state index contributed by atoms with van der Waals surface area (Å²) in [5, 5.41) is 6.49. The molecule has 2 fully saturated rings. The van der Waals surface area contributed by atoms with Gasteiger partial charge in [-0.05, 0) is 36.3 Å². The minimum atomic E-state index is 0.0606. The Morgan fingerprint density at radius 3 is 2.44 bits per heavy atom. The second-order valence-corrected chi connectivity index (χ2v) is 6.48. The van der Waals surface area contributed by atoms with Gasteiger partial charge in [0.2, 0.25) is 5.91 Å². The minimum absolute atomic E-state index is 0.0606. The van der Waals surface area contributed by atoms with Crippen molar-refractivity contribution < 1.29 is 4.79 Å². The number of fused-ring (bicyclic) bond motifs is 1. The van der Waals surface area contributed by atoms with E-state index < -0.39 is 0 Å². The fourth-order valence-electron chi connectivity index (χ4n) is 2.61. The molecular weight excluding hydrogens is 200 g/mol. The van der Waals surface area contributed by atoms with Crippen LogP contribution in [-0.4, -0.2) is 25.5 Å². The maximum atomic E-state index is 11.9. The highest BCUT2D eigenvalue weighted by atomic mass is 16.1. The second-order valence-electron chi connectivity index (χ2n) is 6.48. The summed E-state index contributed by atoms with van der Waals surface area (Å²) >= 11 is 0.